The van der Waals surface area contributed by atoms with Crippen LogP contribution in [0.5, 0.6) is 0 Å². The molecule has 0 aliphatic heterocycles. The monoisotopic (exact) mass is 805 g/mol. The molecule has 9 aromatic carbocycles. The molecular formula is C57H35N5O. The van der Waals surface area contributed by atoms with E-state index in [2.05, 4.69) is 203 Å². The average molecular weight is 806 g/mol. The van der Waals surface area contributed by atoms with Crippen LogP contribution in [0.4, 0.5) is 0 Å². The Morgan fingerprint density at radius 2 is 0.762 bits per heavy atom. The predicted molar refractivity (Wildman–Crippen MR) is 258 cm³/mol. The zero-order valence-corrected chi connectivity index (χ0v) is 33.9. The lowest BCUT2D eigenvalue weighted by Gasteiger charge is -2.13. The summed E-state index contributed by atoms with van der Waals surface area (Å²) in [5.74, 6) is 1.65. The van der Waals surface area contributed by atoms with E-state index in [1.807, 2.05) is 18.2 Å². The van der Waals surface area contributed by atoms with E-state index >= 15 is 0 Å². The van der Waals surface area contributed by atoms with Gasteiger partial charge in [-0.15, -0.1) is 0 Å². The van der Waals surface area contributed by atoms with Crippen molar-refractivity contribution in [1.29, 1.82) is 0 Å². The van der Waals surface area contributed by atoms with Gasteiger partial charge in [0.15, 0.2) is 5.82 Å². The fourth-order valence-corrected chi connectivity index (χ4v) is 9.49. The number of furan rings is 1. The van der Waals surface area contributed by atoms with Gasteiger partial charge in [-0.25, -0.2) is 0 Å². The van der Waals surface area contributed by atoms with Crippen molar-refractivity contribution in [3.63, 3.8) is 0 Å². The second kappa shape index (κ2) is 14.0. The zero-order chi connectivity index (χ0) is 41.4. The number of benzene rings is 9. The van der Waals surface area contributed by atoms with E-state index in [4.69, 9.17) is 19.4 Å². The molecule has 6 nitrogen and oxygen atoms in total. The molecule has 0 atom stereocenters. The summed E-state index contributed by atoms with van der Waals surface area (Å²) in [5.41, 5.74) is 13.4. The van der Waals surface area contributed by atoms with E-state index in [9.17, 15) is 0 Å². The first-order chi connectivity index (χ1) is 31.2. The van der Waals surface area contributed by atoms with Crippen molar-refractivity contribution in [2.75, 3.05) is 0 Å². The van der Waals surface area contributed by atoms with Crippen LogP contribution < -0.4 is 0 Å². The van der Waals surface area contributed by atoms with Crippen molar-refractivity contribution in [2.45, 2.75) is 0 Å². The third kappa shape index (κ3) is 5.62. The average Bonchev–Trinajstić information content (AvgIpc) is 4.02. The molecule has 4 heterocycles. The van der Waals surface area contributed by atoms with Crippen LogP contribution in [0.25, 0.3) is 122 Å². The molecule has 63 heavy (non-hydrogen) atoms. The fourth-order valence-electron chi connectivity index (χ4n) is 9.49. The minimum absolute atomic E-state index is 0.533. The molecule has 294 valence electrons. The Balaban J connectivity index is 1.08. The highest BCUT2D eigenvalue weighted by Gasteiger charge is 2.22. The Morgan fingerprint density at radius 3 is 1.37 bits per heavy atom. The molecule has 4 aromatic heterocycles. The fraction of sp³-hybridized carbons (Fsp3) is 0. The third-order valence-corrected chi connectivity index (χ3v) is 12.4. The molecule has 0 unspecified atom stereocenters. The summed E-state index contributed by atoms with van der Waals surface area (Å²) < 4.78 is 10.7. The maximum Gasteiger partial charge on any atom is 0.240 e. The molecule has 0 saturated carbocycles. The largest absolute Gasteiger partial charge is 0.456 e. The van der Waals surface area contributed by atoms with Crippen LogP contribution in [0.2, 0.25) is 0 Å². The lowest BCUT2D eigenvalue weighted by molar-refractivity contribution is 0.669. The summed E-state index contributed by atoms with van der Waals surface area (Å²) in [6.45, 7) is 0. The Hall–Kier alpha value is -8.61. The Morgan fingerprint density at radius 1 is 0.302 bits per heavy atom. The standard InChI is InChI=1S/C57H35N5O/c1-3-14-36(15-4-1)40-30-32-45-46-33-31-41(37-16-5-2-6-17-37)35-51(46)62(50(45)34-40)57-59-55(58-56(60-57)61-48-22-10-7-18-43(48)44-19-8-11-23-49(44)61)39-28-26-38(27-29-39)42-21-13-25-53-54(42)47-20-9-12-24-52(47)63-53/h1-35H. The number of nitrogens with zero attached hydrogens (tertiary/aromatic N) is 5. The number of para-hydroxylation sites is 3. The van der Waals surface area contributed by atoms with Gasteiger partial charge in [0.1, 0.15) is 11.2 Å². The quantitative estimate of drug-likeness (QED) is 0.168. The molecule has 0 N–H and O–H groups in total. The highest BCUT2D eigenvalue weighted by molar-refractivity contribution is 6.13. The van der Waals surface area contributed by atoms with Gasteiger partial charge in [-0.05, 0) is 69.8 Å². The van der Waals surface area contributed by atoms with E-state index in [0.717, 1.165) is 104 Å². The van der Waals surface area contributed by atoms with Gasteiger partial charge in [0, 0.05) is 37.9 Å². The SMILES string of the molecule is c1ccc(-c2ccc3c4ccc(-c5ccccc5)cc4n(-c4nc(-c5ccc(-c6cccc7oc8ccccc8c67)cc5)nc(-n5c6ccccc6c6ccccc65)n4)c3c2)cc1. The molecule has 0 aliphatic carbocycles. The number of rotatable bonds is 6. The van der Waals surface area contributed by atoms with Crippen molar-refractivity contribution >= 4 is 65.6 Å². The van der Waals surface area contributed by atoms with Crippen molar-refractivity contribution in [3.05, 3.63) is 212 Å². The van der Waals surface area contributed by atoms with Crippen LogP contribution in [0.15, 0.2) is 217 Å². The van der Waals surface area contributed by atoms with E-state index in [1.54, 1.807) is 0 Å². The molecule has 0 saturated heterocycles. The molecule has 0 radical (unpaired) electrons. The van der Waals surface area contributed by atoms with E-state index in [1.165, 1.54) is 0 Å². The number of hydrogen-bond acceptors (Lipinski definition) is 4. The van der Waals surface area contributed by atoms with Gasteiger partial charge < -0.3 is 4.42 Å². The maximum atomic E-state index is 6.26. The topological polar surface area (TPSA) is 61.7 Å². The second-order valence-electron chi connectivity index (χ2n) is 16.0. The molecule has 13 rings (SSSR count). The lowest BCUT2D eigenvalue weighted by Crippen LogP contribution is -2.10. The number of fused-ring (bicyclic) bond motifs is 9. The van der Waals surface area contributed by atoms with Gasteiger partial charge in [0.25, 0.3) is 0 Å². The Kier molecular flexibility index (Phi) is 7.80. The van der Waals surface area contributed by atoms with Gasteiger partial charge in [0.2, 0.25) is 11.9 Å². The van der Waals surface area contributed by atoms with Gasteiger partial charge in [-0.1, -0.05) is 176 Å². The molecule has 0 aliphatic rings. The number of aromatic nitrogens is 5. The first-order valence-corrected chi connectivity index (χ1v) is 21.2. The summed E-state index contributed by atoms with van der Waals surface area (Å²) >= 11 is 0. The highest BCUT2D eigenvalue weighted by Crippen LogP contribution is 2.40. The Bertz CT molecular complexity index is 3750. The smallest absolute Gasteiger partial charge is 0.240 e. The van der Waals surface area contributed by atoms with Crippen LogP contribution in [0, 0.1) is 0 Å². The van der Waals surface area contributed by atoms with Crippen molar-refractivity contribution in [1.82, 2.24) is 24.1 Å². The van der Waals surface area contributed by atoms with Gasteiger partial charge >= 0.3 is 0 Å². The zero-order valence-electron chi connectivity index (χ0n) is 33.9. The summed E-state index contributed by atoms with van der Waals surface area (Å²) in [6.07, 6.45) is 0. The normalized spacial score (nSPS) is 11.8. The van der Waals surface area contributed by atoms with Crippen LogP contribution in [0.1, 0.15) is 0 Å². The molecular weight excluding hydrogens is 771 g/mol. The first-order valence-electron chi connectivity index (χ1n) is 21.2. The molecule has 6 heteroatoms. The minimum atomic E-state index is 0.533. The minimum Gasteiger partial charge on any atom is -0.456 e. The summed E-state index contributed by atoms with van der Waals surface area (Å²) in [4.78, 5) is 16.2. The molecule has 0 bridgehead atoms. The van der Waals surface area contributed by atoms with E-state index in [0.29, 0.717) is 17.7 Å². The number of hydrogen-bond donors (Lipinski definition) is 0. The lowest BCUT2D eigenvalue weighted by atomic mass is 9.98. The van der Waals surface area contributed by atoms with Crippen LogP contribution >= 0.6 is 0 Å². The molecule has 0 amide bonds. The van der Waals surface area contributed by atoms with E-state index in [-0.39, 0.29) is 0 Å². The third-order valence-electron chi connectivity index (χ3n) is 12.4. The van der Waals surface area contributed by atoms with Crippen molar-refractivity contribution in [2.24, 2.45) is 0 Å². The van der Waals surface area contributed by atoms with Crippen LogP contribution in [-0.2, 0) is 0 Å². The van der Waals surface area contributed by atoms with Crippen LogP contribution in [-0.4, -0.2) is 24.1 Å². The van der Waals surface area contributed by atoms with Gasteiger partial charge in [-0.3, -0.25) is 9.13 Å². The second-order valence-corrected chi connectivity index (χ2v) is 16.0. The summed E-state index contributed by atoms with van der Waals surface area (Å²) in [5, 5.41) is 6.72. The van der Waals surface area contributed by atoms with Gasteiger partial charge in [-0.2, -0.15) is 15.0 Å². The van der Waals surface area contributed by atoms with Crippen molar-refractivity contribution < 1.29 is 4.42 Å². The first kappa shape index (κ1) is 35.2. The summed E-state index contributed by atoms with van der Waals surface area (Å²) in [6, 6.07) is 74.5. The maximum absolute atomic E-state index is 6.26. The summed E-state index contributed by atoms with van der Waals surface area (Å²) in [7, 11) is 0. The van der Waals surface area contributed by atoms with Crippen LogP contribution in [0.3, 0.4) is 0 Å². The molecule has 0 spiro atoms. The molecule has 13 aromatic rings. The van der Waals surface area contributed by atoms with Crippen molar-refractivity contribution in [3.8, 4) is 56.7 Å². The van der Waals surface area contributed by atoms with Gasteiger partial charge in [0.05, 0.1) is 22.1 Å². The molecule has 0 fully saturated rings. The Labute approximate surface area is 361 Å². The van der Waals surface area contributed by atoms with E-state index < -0.39 is 0 Å². The highest BCUT2D eigenvalue weighted by atomic mass is 16.3. The predicted octanol–water partition coefficient (Wildman–Crippen LogP) is 14.6.